The van der Waals surface area contributed by atoms with Crippen LogP contribution in [0.1, 0.15) is 69.4 Å². The first-order chi connectivity index (χ1) is 14.1. The monoisotopic (exact) mass is 435 g/mol. The summed E-state index contributed by atoms with van der Waals surface area (Å²) in [5.41, 5.74) is 9.48. The van der Waals surface area contributed by atoms with Crippen molar-refractivity contribution >= 4 is 15.4 Å². The molecule has 1 rings (SSSR count). The number of aryl methyl sites for hydroxylation is 2. The van der Waals surface area contributed by atoms with E-state index in [1.807, 2.05) is 6.92 Å². The molecule has 0 saturated heterocycles. The average Bonchev–Trinajstić information content (AvgIpc) is 2.67. The topological polar surface area (TPSA) is 64.7 Å². The summed E-state index contributed by atoms with van der Waals surface area (Å²) in [6.45, 7) is 12.2. The molecule has 0 radical (unpaired) electrons. The Labute approximate surface area is 187 Å². The number of nitrogens with two attached hydrogens (primary N) is 1. The van der Waals surface area contributed by atoms with Gasteiger partial charge < -0.3 is 20.1 Å². The molecule has 4 nitrogen and oxygen atoms in total. The third-order valence-corrected chi connectivity index (χ3v) is 7.60. The van der Waals surface area contributed by atoms with Crippen molar-refractivity contribution in [3.63, 3.8) is 0 Å². The molecule has 1 aromatic carbocycles. The van der Waals surface area contributed by atoms with E-state index in [0.717, 1.165) is 38.5 Å². The van der Waals surface area contributed by atoms with Crippen molar-refractivity contribution in [1.29, 1.82) is 0 Å². The lowest BCUT2D eigenvalue weighted by Gasteiger charge is -2.30. The van der Waals surface area contributed by atoms with Crippen molar-refractivity contribution in [2.75, 3.05) is 13.2 Å². The minimum atomic E-state index is -1.12. The van der Waals surface area contributed by atoms with Crippen molar-refractivity contribution in [2.24, 2.45) is 5.73 Å². The van der Waals surface area contributed by atoms with E-state index < -0.39 is 15.4 Å². The number of benzene rings is 1. The Hall–Kier alpha value is -0.658. The Bertz CT molecular complexity index is 565. The van der Waals surface area contributed by atoms with Crippen LogP contribution in [-0.2, 0) is 15.7 Å². The first-order valence-corrected chi connectivity index (χ1v) is 15.6. The van der Waals surface area contributed by atoms with Gasteiger partial charge in [0.15, 0.2) is 0 Å². The molecule has 3 N–H and O–H groups in total. The van der Waals surface area contributed by atoms with Crippen LogP contribution in [0.15, 0.2) is 24.3 Å². The molecule has 0 aliphatic heterocycles. The lowest BCUT2D eigenvalue weighted by atomic mass is 9.83. The molecule has 0 aliphatic carbocycles. The minimum Gasteiger partial charge on any atom is -0.402 e. The quantitative estimate of drug-likeness (QED) is 0.242. The van der Waals surface area contributed by atoms with Crippen molar-refractivity contribution in [1.82, 2.24) is 0 Å². The van der Waals surface area contributed by atoms with Crippen LogP contribution in [0.5, 0.6) is 0 Å². The Morgan fingerprint density at radius 3 is 2.13 bits per heavy atom. The third-order valence-electron chi connectivity index (χ3n) is 5.75. The molecule has 6 heteroatoms. The zero-order valence-corrected chi connectivity index (χ0v) is 21.2. The lowest BCUT2D eigenvalue weighted by molar-refractivity contribution is 0.132. The molecule has 0 spiro atoms. The molecule has 0 saturated carbocycles. The molecule has 1 atom stereocenters. The first-order valence-electron chi connectivity index (χ1n) is 11.9. The van der Waals surface area contributed by atoms with Crippen LogP contribution < -0.4 is 5.73 Å². The second-order valence-corrected chi connectivity index (χ2v) is 15.7. The largest absolute Gasteiger partial charge is 0.636 e. The molecule has 0 amide bonds. The summed E-state index contributed by atoms with van der Waals surface area (Å²) in [5.74, 6) is 0. The fourth-order valence-electron chi connectivity index (χ4n) is 3.87. The number of hydrogen-bond acceptors (Lipinski definition) is 4. The number of hydrogen-bond donors (Lipinski definition) is 2. The van der Waals surface area contributed by atoms with Gasteiger partial charge in [0.2, 0.25) is 0 Å². The summed E-state index contributed by atoms with van der Waals surface area (Å²) in [5, 5.41) is 9.56. The van der Waals surface area contributed by atoms with Crippen molar-refractivity contribution < 1.29 is 14.3 Å². The minimum absolute atomic E-state index is 0.132. The van der Waals surface area contributed by atoms with Crippen LogP contribution >= 0.6 is 0 Å². The third kappa shape index (κ3) is 13.6. The maximum Gasteiger partial charge on any atom is 0.636 e. The molecule has 0 heterocycles. The first kappa shape index (κ1) is 27.4. The average molecular weight is 436 g/mol. The Morgan fingerprint density at radius 1 is 0.933 bits per heavy atom. The molecule has 172 valence electrons. The highest BCUT2D eigenvalue weighted by Crippen LogP contribution is 2.26. The molecular formula is C24H46BNO3Si. The number of rotatable bonds is 17. The van der Waals surface area contributed by atoms with Crippen LogP contribution in [0.25, 0.3) is 0 Å². The summed E-state index contributed by atoms with van der Waals surface area (Å²) in [4.78, 5) is 0. The van der Waals surface area contributed by atoms with Gasteiger partial charge in [-0.1, -0.05) is 74.8 Å². The Kier molecular flexibility index (Phi) is 13.2. The van der Waals surface area contributed by atoms with E-state index >= 15 is 0 Å². The molecule has 1 aromatic rings. The number of unbranched alkanes of at least 4 members (excludes halogenated alkanes) is 2. The Balaban J connectivity index is 2.43. The predicted molar refractivity (Wildman–Crippen MR) is 132 cm³/mol. The SMILES string of the molecule is CCOB(O)OCCCC(N)(CCCCc1ccc(C)cc1)CCCC[Si](C)(C)C. The van der Waals surface area contributed by atoms with Crippen LogP contribution in [0.2, 0.25) is 25.7 Å². The summed E-state index contributed by atoms with van der Waals surface area (Å²) in [7, 11) is -2.10. The fourth-order valence-corrected chi connectivity index (χ4v) is 5.18. The normalized spacial score (nSPS) is 14.0. The second kappa shape index (κ2) is 14.4. The maximum atomic E-state index is 9.56. The zero-order chi connectivity index (χ0) is 22.5. The molecular weight excluding hydrogens is 389 g/mol. The van der Waals surface area contributed by atoms with Crippen molar-refractivity contribution in [3.05, 3.63) is 35.4 Å². The molecule has 30 heavy (non-hydrogen) atoms. The van der Waals surface area contributed by atoms with E-state index in [-0.39, 0.29) is 5.54 Å². The molecule has 0 fully saturated rings. The van der Waals surface area contributed by atoms with Gasteiger partial charge in [0.05, 0.1) is 0 Å². The Morgan fingerprint density at radius 2 is 1.53 bits per heavy atom. The predicted octanol–water partition coefficient (Wildman–Crippen LogP) is 5.72. The molecule has 0 aromatic heterocycles. The van der Waals surface area contributed by atoms with E-state index in [1.165, 1.54) is 36.4 Å². The highest BCUT2D eigenvalue weighted by molar-refractivity contribution is 6.76. The van der Waals surface area contributed by atoms with Crippen LogP contribution in [-0.4, -0.2) is 39.2 Å². The van der Waals surface area contributed by atoms with Gasteiger partial charge in [-0.3, -0.25) is 0 Å². The smallest absolute Gasteiger partial charge is 0.402 e. The summed E-state index contributed by atoms with van der Waals surface area (Å²) in [6.07, 6.45) is 9.87. The highest BCUT2D eigenvalue weighted by atomic mass is 28.3. The van der Waals surface area contributed by atoms with Gasteiger partial charge in [0, 0.05) is 26.8 Å². The summed E-state index contributed by atoms with van der Waals surface area (Å²) < 4.78 is 10.3. The van der Waals surface area contributed by atoms with E-state index in [9.17, 15) is 5.02 Å². The highest BCUT2D eigenvalue weighted by Gasteiger charge is 2.25. The maximum absolute atomic E-state index is 9.56. The van der Waals surface area contributed by atoms with Gasteiger partial charge in [0.25, 0.3) is 0 Å². The van der Waals surface area contributed by atoms with Crippen molar-refractivity contribution in [3.8, 4) is 0 Å². The molecule has 1 unspecified atom stereocenters. The van der Waals surface area contributed by atoms with E-state index in [4.69, 9.17) is 15.0 Å². The second-order valence-electron chi connectivity index (χ2n) is 10.1. The lowest BCUT2D eigenvalue weighted by Crippen LogP contribution is -2.40. The molecule has 0 bridgehead atoms. The van der Waals surface area contributed by atoms with Gasteiger partial charge in [-0.25, -0.2) is 0 Å². The summed E-state index contributed by atoms with van der Waals surface area (Å²) >= 11 is 0. The van der Waals surface area contributed by atoms with Crippen LogP contribution in [0.4, 0.5) is 0 Å². The van der Waals surface area contributed by atoms with Gasteiger partial charge in [0.1, 0.15) is 0 Å². The summed E-state index contributed by atoms with van der Waals surface area (Å²) in [6, 6.07) is 10.2. The molecule has 0 aliphatic rings. The van der Waals surface area contributed by atoms with E-state index in [0.29, 0.717) is 13.2 Å². The van der Waals surface area contributed by atoms with E-state index in [1.54, 1.807) is 0 Å². The van der Waals surface area contributed by atoms with Gasteiger partial charge in [-0.2, -0.15) is 0 Å². The van der Waals surface area contributed by atoms with Crippen LogP contribution in [0, 0.1) is 6.92 Å². The van der Waals surface area contributed by atoms with Gasteiger partial charge in [-0.05, 0) is 57.9 Å². The standard InChI is InChI=1S/C24H46BNO3Si/c1-6-28-25(27)29-20-11-19-24(26,18-9-10-21-30(3,4)5)17-8-7-12-23-15-13-22(2)14-16-23/h13-16,27H,6-12,17-21,26H2,1-5H3. The zero-order valence-electron chi connectivity index (χ0n) is 20.2. The van der Waals surface area contributed by atoms with Crippen LogP contribution in [0.3, 0.4) is 0 Å². The van der Waals surface area contributed by atoms with Gasteiger partial charge in [-0.15, -0.1) is 0 Å². The fraction of sp³-hybridized carbons (Fsp3) is 0.750. The van der Waals surface area contributed by atoms with Gasteiger partial charge >= 0.3 is 7.32 Å². The van der Waals surface area contributed by atoms with E-state index in [2.05, 4.69) is 50.8 Å². The van der Waals surface area contributed by atoms with Crippen molar-refractivity contribution in [2.45, 2.75) is 103 Å².